The van der Waals surface area contributed by atoms with Gasteiger partial charge in [0.1, 0.15) is 6.04 Å². The zero-order chi connectivity index (χ0) is 22.3. The molecule has 0 saturated heterocycles. The average molecular weight is 430 g/mol. The topological polar surface area (TPSA) is 84.9 Å². The van der Waals surface area contributed by atoms with Crippen molar-refractivity contribution in [1.82, 2.24) is 5.32 Å². The number of unbranched alkanes of at least 4 members (excludes halogenated alkanes) is 12. The highest BCUT2D eigenvalue weighted by molar-refractivity contribution is 5.73. The average Bonchev–Trinajstić information content (AvgIpc) is 2.73. The van der Waals surface area contributed by atoms with Crippen LogP contribution in [-0.4, -0.2) is 43.0 Å². The normalized spacial score (nSPS) is 11.9. The Morgan fingerprint density at radius 1 is 0.700 bits per heavy atom. The van der Waals surface area contributed by atoms with Crippen molar-refractivity contribution in [3.8, 4) is 0 Å². The highest BCUT2D eigenvalue weighted by Crippen LogP contribution is 2.08. The van der Waals surface area contributed by atoms with Gasteiger partial charge in [0.15, 0.2) is 0 Å². The highest BCUT2D eigenvalue weighted by atomic mass is 16.7. The van der Waals surface area contributed by atoms with Crippen LogP contribution in [0.25, 0.3) is 0 Å². The molecule has 0 aromatic rings. The van der Waals surface area contributed by atoms with Gasteiger partial charge in [-0.15, -0.1) is 0 Å². The van der Waals surface area contributed by atoms with E-state index in [9.17, 15) is 14.7 Å². The fourth-order valence-electron chi connectivity index (χ4n) is 3.36. The second-order valence-corrected chi connectivity index (χ2v) is 8.18. The maximum absolute atomic E-state index is 11.5. The third kappa shape index (κ3) is 20.0. The van der Waals surface area contributed by atoms with Crippen molar-refractivity contribution in [3.63, 3.8) is 0 Å². The number of carbonyl (C=O) groups is 2. The van der Waals surface area contributed by atoms with Crippen LogP contribution < -0.4 is 5.32 Å². The smallest absolute Gasteiger partial charge is 0.480 e. The van der Waals surface area contributed by atoms with Crippen molar-refractivity contribution >= 4 is 12.1 Å². The van der Waals surface area contributed by atoms with Crippen LogP contribution in [0.2, 0.25) is 0 Å². The van der Waals surface area contributed by atoms with E-state index in [1.165, 1.54) is 38.5 Å². The summed E-state index contributed by atoms with van der Waals surface area (Å²) in [5.41, 5.74) is 0. The molecule has 0 aromatic heterocycles. The van der Waals surface area contributed by atoms with Gasteiger partial charge in [0.2, 0.25) is 0 Å². The van der Waals surface area contributed by atoms with Gasteiger partial charge in [-0.05, 0) is 32.2 Å². The number of carboxylic acids is 1. The Labute approximate surface area is 184 Å². The molecule has 0 fully saturated rings. The first-order valence-electron chi connectivity index (χ1n) is 12.4. The summed E-state index contributed by atoms with van der Waals surface area (Å²) < 4.78 is 10.2. The number of aliphatic carboxylic acids is 1. The lowest BCUT2D eigenvalue weighted by Gasteiger charge is -2.14. The molecule has 6 heteroatoms. The maximum atomic E-state index is 11.5. The van der Waals surface area contributed by atoms with Gasteiger partial charge >= 0.3 is 12.1 Å². The fourth-order valence-corrected chi connectivity index (χ4v) is 3.36. The first kappa shape index (κ1) is 28.7. The molecule has 0 rings (SSSR count). The van der Waals surface area contributed by atoms with Gasteiger partial charge < -0.3 is 19.9 Å². The molecule has 0 heterocycles. The number of ether oxygens (including phenoxy) is 2. The van der Waals surface area contributed by atoms with E-state index in [4.69, 9.17) is 9.47 Å². The third-order valence-electron chi connectivity index (χ3n) is 5.29. The van der Waals surface area contributed by atoms with Crippen molar-refractivity contribution in [2.75, 3.05) is 19.8 Å². The van der Waals surface area contributed by atoms with E-state index >= 15 is 0 Å². The summed E-state index contributed by atoms with van der Waals surface area (Å²) >= 11 is 0. The van der Waals surface area contributed by atoms with E-state index in [-0.39, 0.29) is 0 Å². The Balaban J connectivity index is 3.44. The van der Waals surface area contributed by atoms with E-state index in [0.29, 0.717) is 26.2 Å². The van der Waals surface area contributed by atoms with Crippen LogP contribution in [0, 0.1) is 0 Å². The summed E-state index contributed by atoms with van der Waals surface area (Å²) in [6.45, 7) is 5.91. The van der Waals surface area contributed by atoms with Gasteiger partial charge in [0.05, 0.1) is 13.2 Å². The molecule has 0 bridgehead atoms. The van der Waals surface area contributed by atoms with Crippen LogP contribution in [0.4, 0.5) is 4.79 Å². The molecule has 0 aromatic carbocycles. The lowest BCUT2D eigenvalue weighted by Crippen LogP contribution is -2.37. The van der Waals surface area contributed by atoms with E-state index in [2.05, 4.69) is 19.2 Å². The van der Waals surface area contributed by atoms with Crippen molar-refractivity contribution in [1.29, 1.82) is 0 Å². The van der Waals surface area contributed by atoms with Gasteiger partial charge in [0, 0.05) is 0 Å². The molecule has 178 valence electrons. The zero-order valence-corrected chi connectivity index (χ0v) is 19.6. The molecule has 0 aliphatic rings. The summed E-state index contributed by atoms with van der Waals surface area (Å²) in [4.78, 5) is 22.8. The van der Waals surface area contributed by atoms with Crippen LogP contribution in [0.5, 0.6) is 0 Å². The molecular formula is C24H47NO5. The van der Waals surface area contributed by atoms with Crippen LogP contribution in [-0.2, 0) is 14.3 Å². The summed E-state index contributed by atoms with van der Waals surface area (Å²) in [6, 6.07) is -0.434. The number of nitrogens with one attached hydrogen (secondary N) is 1. The van der Waals surface area contributed by atoms with E-state index in [1.54, 1.807) is 0 Å². The van der Waals surface area contributed by atoms with Crippen molar-refractivity contribution in [2.45, 2.75) is 123 Å². The molecule has 1 atom stereocenters. The van der Waals surface area contributed by atoms with Gasteiger partial charge in [-0.2, -0.15) is 0 Å². The van der Waals surface area contributed by atoms with Crippen LogP contribution in [0.15, 0.2) is 0 Å². The van der Waals surface area contributed by atoms with Crippen LogP contribution >= 0.6 is 0 Å². The summed E-state index contributed by atoms with van der Waals surface area (Å²) in [5.74, 6) is -0.755. The predicted molar refractivity (Wildman–Crippen MR) is 122 cm³/mol. The standard InChI is InChI=1S/C24H47NO5/c1-3-5-7-9-10-12-16-20-29-24(28)30-21-17-13-11-15-19-25-22(23(26)27)18-14-8-6-4-2/h22,25H,3-21H2,1-2H3,(H,26,27). The van der Waals surface area contributed by atoms with Gasteiger partial charge in [-0.25, -0.2) is 4.79 Å². The third-order valence-corrected chi connectivity index (χ3v) is 5.29. The van der Waals surface area contributed by atoms with Gasteiger partial charge in [-0.1, -0.05) is 90.9 Å². The van der Waals surface area contributed by atoms with Crippen molar-refractivity contribution in [2.24, 2.45) is 0 Å². The molecule has 1 unspecified atom stereocenters. The van der Waals surface area contributed by atoms with Crippen molar-refractivity contribution in [3.05, 3.63) is 0 Å². The molecular weight excluding hydrogens is 382 g/mol. The molecule has 0 amide bonds. The van der Waals surface area contributed by atoms with E-state index < -0.39 is 18.2 Å². The van der Waals surface area contributed by atoms with E-state index in [1.807, 2.05) is 0 Å². The van der Waals surface area contributed by atoms with Gasteiger partial charge in [-0.3, -0.25) is 4.79 Å². The summed E-state index contributed by atoms with van der Waals surface area (Å²) in [5, 5.41) is 12.4. The second kappa shape index (κ2) is 22.4. The molecule has 2 N–H and O–H groups in total. The zero-order valence-electron chi connectivity index (χ0n) is 19.6. The molecule has 0 aliphatic heterocycles. The minimum absolute atomic E-state index is 0.387. The van der Waals surface area contributed by atoms with E-state index in [0.717, 1.165) is 57.8 Å². The first-order valence-corrected chi connectivity index (χ1v) is 12.4. The molecule has 6 nitrogen and oxygen atoms in total. The molecule has 0 saturated carbocycles. The lowest BCUT2D eigenvalue weighted by molar-refractivity contribution is -0.139. The Morgan fingerprint density at radius 2 is 1.17 bits per heavy atom. The minimum atomic E-state index is -0.755. The Hall–Kier alpha value is -1.30. The second-order valence-electron chi connectivity index (χ2n) is 8.18. The Kier molecular flexibility index (Phi) is 21.4. The minimum Gasteiger partial charge on any atom is -0.480 e. The predicted octanol–water partition coefficient (Wildman–Crippen LogP) is 6.46. The number of carboxylic acid groups (broad SMARTS) is 1. The number of rotatable bonds is 22. The molecule has 0 spiro atoms. The number of hydrogen-bond donors (Lipinski definition) is 2. The summed E-state index contributed by atoms with van der Waals surface area (Å²) in [6.07, 6.45) is 16.6. The Morgan fingerprint density at radius 3 is 1.70 bits per heavy atom. The highest BCUT2D eigenvalue weighted by Gasteiger charge is 2.15. The molecule has 0 aliphatic carbocycles. The van der Waals surface area contributed by atoms with Crippen LogP contribution in [0.1, 0.15) is 117 Å². The fraction of sp³-hybridized carbons (Fsp3) is 0.917. The Bertz CT molecular complexity index is 403. The maximum Gasteiger partial charge on any atom is 0.508 e. The first-order chi connectivity index (χ1) is 14.6. The largest absolute Gasteiger partial charge is 0.508 e. The monoisotopic (exact) mass is 429 g/mol. The number of carbonyl (C=O) groups excluding carboxylic acids is 1. The lowest BCUT2D eigenvalue weighted by atomic mass is 10.1. The van der Waals surface area contributed by atoms with Crippen LogP contribution in [0.3, 0.4) is 0 Å². The SMILES string of the molecule is CCCCCCCCCOC(=O)OCCCCCCNC(CCCCCC)C(=O)O. The molecule has 30 heavy (non-hydrogen) atoms. The van der Waals surface area contributed by atoms with Crippen molar-refractivity contribution < 1.29 is 24.2 Å². The quantitative estimate of drug-likeness (QED) is 0.152. The number of hydrogen-bond acceptors (Lipinski definition) is 5. The van der Waals surface area contributed by atoms with Gasteiger partial charge in [0.25, 0.3) is 0 Å². The molecule has 0 radical (unpaired) electrons. The summed E-state index contributed by atoms with van der Waals surface area (Å²) in [7, 11) is 0.